The molecule has 0 spiro atoms. The zero-order valence-corrected chi connectivity index (χ0v) is 16.3. The number of carbonyl (C=O) groups is 2. The molecule has 0 fully saturated rings. The summed E-state index contributed by atoms with van der Waals surface area (Å²) in [5.74, 6) is -0.857. The van der Waals surface area contributed by atoms with E-state index in [2.05, 4.69) is 10.3 Å². The van der Waals surface area contributed by atoms with E-state index in [1.54, 1.807) is 36.4 Å². The molecule has 154 valence electrons. The molecule has 0 saturated carbocycles. The van der Waals surface area contributed by atoms with Gasteiger partial charge in [-0.1, -0.05) is 0 Å². The molecule has 9 nitrogen and oxygen atoms in total. The molecule has 4 aromatic rings. The SMILES string of the molecule is CCOc1ccc2[nH]c3cc(-n4c(N)c5c(cc4=O)C(=O)NC5=O)ccc3c(=O)c2c1. The van der Waals surface area contributed by atoms with Crippen LogP contribution in [-0.4, -0.2) is 28.0 Å². The number of amides is 2. The molecule has 2 amide bonds. The van der Waals surface area contributed by atoms with Crippen molar-refractivity contribution in [3.8, 4) is 11.4 Å². The van der Waals surface area contributed by atoms with Crippen molar-refractivity contribution in [3.63, 3.8) is 0 Å². The smallest absolute Gasteiger partial charge is 0.262 e. The molecule has 0 unspecified atom stereocenters. The minimum Gasteiger partial charge on any atom is -0.494 e. The fourth-order valence-electron chi connectivity index (χ4n) is 3.89. The second-order valence-corrected chi connectivity index (χ2v) is 7.10. The fourth-order valence-corrected chi connectivity index (χ4v) is 3.89. The van der Waals surface area contributed by atoms with E-state index in [0.717, 1.165) is 10.6 Å². The molecule has 3 heterocycles. The standard InChI is InChI=1S/C22H16N4O5/c1-2-31-11-4-6-15-13(8-11)19(28)12-5-3-10(7-16(12)24-15)26-17(27)9-14-18(20(26)23)22(30)25-21(14)29/h3-9H,2,23H2,1H3,(H,24,28)(H,25,29,30). The van der Waals surface area contributed by atoms with Crippen LogP contribution in [0, 0.1) is 0 Å². The number of aromatic nitrogens is 2. The predicted octanol–water partition coefficient (Wildman–Crippen LogP) is 1.70. The van der Waals surface area contributed by atoms with Gasteiger partial charge in [0.15, 0.2) is 5.43 Å². The molecule has 0 radical (unpaired) electrons. The number of benzene rings is 2. The molecular formula is C22H16N4O5. The van der Waals surface area contributed by atoms with Crippen LogP contribution in [0.3, 0.4) is 0 Å². The Hall–Kier alpha value is -4.40. The number of nitrogens with one attached hydrogen (secondary N) is 2. The quantitative estimate of drug-likeness (QED) is 0.343. The second-order valence-electron chi connectivity index (χ2n) is 7.10. The molecule has 0 aliphatic carbocycles. The highest BCUT2D eigenvalue weighted by Gasteiger charge is 2.31. The number of hydrogen-bond acceptors (Lipinski definition) is 6. The largest absolute Gasteiger partial charge is 0.494 e. The number of aromatic amines is 1. The highest BCUT2D eigenvalue weighted by molar-refractivity contribution is 6.23. The van der Waals surface area contributed by atoms with Gasteiger partial charge in [-0.25, -0.2) is 0 Å². The number of nitrogen functional groups attached to an aromatic ring is 1. The third kappa shape index (κ3) is 2.71. The highest BCUT2D eigenvalue weighted by atomic mass is 16.5. The van der Waals surface area contributed by atoms with Gasteiger partial charge in [0.2, 0.25) is 0 Å². The van der Waals surface area contributed by atoms with Gasteiger partial charge in [0.05, 0.1) is 34.5 Å². The maximum Gasteiger partial charge on any atom is 0.262 e. The molecule has 31 heavy (non-hydrogen) atoms. The van der Waals surface area contributed by atoms with Crippen molar-refractivity contribution in [2.45, 2.75) is 6.92 Å². The lowest BCUT2D eigenvalue weighted by Crippen LogP contribution is -2.24. The van der Waals surface area contributed by atoms with Crippen LogP contribution in [0.4, 0.5) is 5.82 Å². The Kier molecular flexibility index (Phi) is 3.94. The van der Waals surface area contributed by atoms with Crippen LogP contribution in [0.15, 0.2) is 52.1 Å². The Morgan fingerprint density at radius 3 is 2.52 bits per heavy atom. The maximum absolute atomic E-state index is 13.0. The van der Waals surface area contributed by atoms with E-state index in [0.29, 0.717) is 39.8 Å². The number of imide groups is 1. The van der Waals surface area contributed by atoms with Gasteiger partial charge >= 0.3 is 0 Å². The predicted molar refractivity (Wildman–Crippen MR) is 115 cm³/mol. The first-order valence-electron chi connectivity index (χ1n) is 9.53. The van der Waals surface area contributed by atoms with Gasteiger partial charge in [0, 0.05) is 16.8 Å². The highest BCUT2D eigenvalue weighted by Crippen LogP contribution is 2.25. The average Bonchev–Trinajstić information content (AvgIpc) is 3.02. The van der Waals surface area contributed by atoms with Crippen LogP contribution in [0.2, 0.25) is 0 Å². The van der Waals surface area contributed by atoms with Crippen molar-refractivity contribution >= 4 is 39.4 Å². The second kappa shape index (κ2) is 6.56. The third-order valence-electron chi connectivity index (χ3n) is 5.28. The summed E-state index contributed by atoms with van der Waals surface area (Å²) in [6.45, 7) is 2.35. The summed E-state index contributed by atoms with van der Waals surface area (Å²) in [6, 6.07) is 11.0. The van der Waals surface area contributed by atoms with E-state index < -0.39 is 17.4 Å². The Morgan fingerprint density at radius 2 is 1.74 bits per heavy atom. The monoisotopic (exact) mass is 416 g/mol. The number of fused-ring (bicyclic) bond motifs is 3. The summed E-state index contributed by atoms with van der Waals surface area (Å²) in [5, 5.41) is 3.04. The zero-order valence-electron chi connectivity index (χ0n) is 16.3. The van der Waals surface area contributed by atoms with Crippen molar-refractivity contribution in [2.24, 2.45) is 0 Å². The van der Waals surface area contributed by atoms with Crippen LogP contribution in [0.25, 0.3) is 27.5 Å². The summed E-state index contributed by atoms with van der Waals surface area (Å²) in [5.41, 5.74) is 6.71. The Morgan fingerprint density at radius 1 is 0.935 bits per heavy atom. The molecule has 5 rings (SSSR count). The van der Waals surface area contributed by atoms with Gasteiger partial charge in [0.25, 0.3) is 17.4 Å². The number of hydrogen-bond donors (Lipinski definition) is 3. The Bertz CT molecular complexity index is 1560. The zero-order chi connectivity index (χ0) is 21.9. The van der Waals surface area contributed by atoms with E-state index in [-0.39, 0.29) is 22.4 Å². The topological polar surface area (TPSA) is 136 Å². The van der Waals surface area contributed by atoms with Crippen molar-refractivity contribution in [1.29, 1.82) is 0 Å². The molecule has 0 atom stereocenters. The minimum atomic E-state index is -0.656. The normalized spacial score (nSPS) is 12.9. The number of ether oxygens (including phenoxy) is 1. The number of nitrogens with zero attached hydrogens (tertiary/aromatic N) is 1. The summed E-state index contributed by atoms with van der Waals surface area (Å²) in [7, 11) is 0. The number of anilines is 1. The Labute approximate surface area is 174 Å². The summed E-state index contributed by atoms with van der Waals surface area (Å²) in [4.78, 5) is 52.8. The van der Waals surface area contributed by atoms with E-state index in [9.17, 15) is 19.2 Å². The van der Waals surface area contributed by atoms with Crippen molar-refractivity contribution in [1.82, 2.24) is 14.9 Å². The van der Waals surface area contributed by atoms with Crippen LogP contribution in [0.1, 0.15) is 27.6 Å². The number of rotatable bonds is 3. The van der Waals surface area contributed by atoms with Gasteiger partial charge in [0.1, 0.15) is 11.6 Å². The van der Waals surface area contributed by atoms with Gasteiger partial charge in [-0.3, -0.25) is 29.1 Å². The molecule has 1 aliphatic heterocycles. The summed E-state index contributed by atoms with van der Waals surface area (Å²) in [6.07, 6.45) is 0. The minimum absolute atomic E-state index is 0.0415. The van der Waals surface area contributed by atoms with Crippen LogP contribution >= 0.6 is 0 Å². The fraction of sp³-hybridized carbons (Fsp3) is 0.0909. The third-order valence-corrected chi connectivity index (χ3v) is 5.28. The lowest BCUT2D eigenvalue weighted by molar-refractivity contribution is 0.0880. The maximum atomic E-state index is 13.0. The molecule has 2 aromatic heterocycles. The van der Waals surface area contributed by atoms with E-state index in [4.69, 9.17) is 10.5 Å². The van der Waals surface area contributed by atoms with Crippen LogP contribution < -0.4 is 26.8 Å². The lowest BCUT2D eigenvalue weighted by Gasteiger charge is -2.13. The first-order chi connectivity index (χ1) is 14.9. The van der Waals surface area contributed by atoms with Crippen molar-refractivity contribution in [3.05, 3.63) is 74.2 Å². The summed E-state index contributed by atoms with van der Waals surface area (Å²) < 4.78 is 6.61. The molecule has 2 aromatic carbocycles. The van der Waals surface area contributed by atoms with Gasteiger partial charge in [-0.15, -0.1) is 0 Å². The van der Waals surface area contributed by atoms with E-state index in [1.165, 1.54) is 0 Å². The number of nitrogens with two attached hydrogens (primary N) is 1. The van der Waals surface area contributed by atoms with Gasteiger partial charge in [-0.2, -0.15) is 0 Å². The lowest BCUT2D eigenvalue weighted by atomic mass is 10.1. The number of pyridine rings is 2. The van der Waals surface area contributed by atoms with E-state index in [1.807, 2.05) is 6.92 Å². The van der Waals surface area contributed by atoms with Gasteiger partial charge in [-0.05, 0) is 43.3 Å². The molecule has 0 bridgehead atoms. The number of carbonyl (C=O) groups excluding carboxylic acids is 2. The molecule has 4 N–H and O–H groups in total. The number of H-pyrrole nitrogens is 1. The molecular weight excluding hydrogens is 400 g/mol. The van der Waals surface area contributed by atoms with Crippen LogP contribution in [0.5, 0.6) is 5.75 Å². The van der Waals surface area contributed by atoms with E-state index >= 15 is 0 Å². The molecule has 1 aliphatic rings. The van der Waals surface area contributed by atoms with Crippen molar-refractivity contribution in [2.75, 3.05) is 12.3 Å². The first kappa shape index (κ1) is 18.6. The average molecular weight is 416 g/mol. The Balaban J connectivity index is 1.74. The molecule has 9 heteroatoms. The van der Waals surface area contributed by atoms with Crippen molar-refractivity contribution < 1.29 is 14.3 Å². The first-order valence-corrected chi connectivity index (χ1v) is 9.53. The summed E-state index contributed by atoms with van der Waals surface area (Å²) >= 11 is 0. The van der Waals surface area contributed by atoms with Crippen LogP contribution in [-0.2, 0) is 0 Å². The van der Waals surface area contributed by atoms with Gasteiger partial charge < -0.3 is 15.5 Å². The molecule has 0 saturated heterocycles.